The molecule has 0 fully saturated rings. The van der Waals surface area contributed by atoms with Crippen LogP contribution in [-0.4, -0.2) is 61.6 Å². The Morgan fingerprint density at radius 2 is 1.64 bits per heavy atom. The lowest BCUT2D eigenvalue weighted by Crippen LogP contribution is -2.33. The molecule has 0 aliphatic rings. The Morgan fingerprint density at radius 1 is 1.04 bits per heavy atom. The SMILES string of the molecule is CCOC(=O)C(C(=O)N(C)C)=C(OC(=O)N(CC)CC)c1ccc(Cl)cc1Cl. The molecule has 0 aliphatic heterocycles. The highest BCUT2D eigenvalue weighted by Crippen LogP contribution is 2.31. The van der Waals surface area contributed by atoms with E-state index in [4.69, 9.17) is 32.7 Å². The molecule has 154 valence electrons. The van der Waals surface area contributed by atoms with Gasteiger partial charge in [0.2, 0.25) is 0 Å². The van der Waals surface area contributed by atoms with Crippen LogP contribution in [-0.2, 0) is 19.1 Å². The average molecular weight is 431 g/mol. The lowest BCUT2D eigenvalue weighted by molar-refractivity contribution is -0.141. The van der Waals surface area contributed by atoms with Crippen molar-refractivity contribution in [1.82, 2.24) is 9.80 Å². The van der Waals surface area contributed by atoms with E-state index in [9.17, 15) is 14.4 Å². The fourth-order valence-electron chi connectivity index (χ4n) is 2.25. The number of nitrogens with zero attached hydrogens (tertiary/aromatic N) is 2. The van der Waals surface area contributed by atoms with E-state index in [0.717, 1.165) is 0 Å². The number of hydrogen-bond donors (Lipinski definition) is 0. The van der Waals surface area contributed by atoms with Crippen molar-refractivity contribution in [3.05, 3.63) is 39.4 Å². The van der Waals surface area contributed by atoms with Crippen molar-refractivity contribution < 1.29 is 23.9 Å². The number of esters is 1. The van der Waals surface area contributed by atoms with Crippen LogP contribution in [0.4, 0.5) is 4.79 Å². The smallest absolute Gasteiger partial charge is 0.415 e. The Bertz CT molecular complexity index is 774. The predicted molar refractivity (Wildman–Crippen MR) is 108 cm³/mol. The summed E-state index contributed by atoms with van der Waals surface area (Å²) in [6, 6.07) is 4.40. The Labute approximate surface area is 174 Å². The number of hydrogen-bond acceptors (Lipinski definition) is 5. The summed E-state index contributed by atoms with van der Waals surface area (Å²) in [6.07, 6.45) is -0.723. The van der Waals surface area contributed by atoms with Crippen molar-refractivity contribution >= 4 is 46.9 Å². The highest BCUT2D eigenvalue weighted by Gasteiger charge is 2.31. The number of likely N-dealkylation sites (N-methyl/N-ethyl adjacent to an activating group) is 1. The molecule has 0 aliphatic carbocycles. The molecule has 1 aromatic rings. The highest BCUT2D eigenvalue weighted by atomic mass is 35.5. The fourth-order valence-corrected chi connectivity index (χ4v) is 2.75. The summed E-state index contributed by atoms with van der Waals surface area (Å²) in [5.41, 5.74) is -0.263. The molecule has 7 nitrogen and oxygen atoms in total. The van der Waals surface area contributed by atoms with Crippen LogP contribution in [0.15, 0.2) is 23.8 Å². The number of carbonyl (C=O) groups is 3. The van der Waals surface area contributed by atoms with Gasteiger partial charge >= 0.3 is 12.1 Å². The van der Waals surface area contributed by atoms with Crippen LogP contribution in [0.3, 0.4) is 0 Å². The summed E-state index contributed by atoms with van der Waals surface area (Å²) >= 11 is 12.2. The summed E-state index contributed by atoms with van der Waals surface area (Å²) in [7, 11) is 2.93. The van der Waals surface area contributed by atoms with Gasteiger partial charge < -0.3 is 19.3 Å². The summed E-state index contributed by atoms with van der Waals surface area (Å²) in [4.78, 5) is 40.5. The van der Waals surface area contributed by atoms with E-state index in [0.29, 0.717) is 18.1 Å². The van der Waals surface area contributed by atoms with Gasteiger partial charge in [-0.25, -0.2) is 9.59 Å². The summed E-state index contributed by atoms with van der Waals surface area (Å²) in [6.45, 7) is 5.96. The number of halogens is 2. The van der Waals surface area contributed by atoms with Crippen molar-refractivity contribution in [1.29, 1.82) is 0 Å². The number of carbonyl (C=O) groups excluding carboxylic acids is 3. The highest BCUT2D eigenvalue weighted by molar-refractivity contribution is 6.36. The molecule has 0 spiro atoms. The maximum atomic E-state index is 12.7. The minimum Gasteiger partial charge on any atom is -0.462 e. The Balaban J connectivity index is 3.72. The van der Waals surface area contributed by atoms with Gasteiger partial charge in [0.15, 0.2) is 11.3 Å². The first-order valence-electron chi connectivity index (χ1n) is 8.72. The molecule has 0 atom stereocenters. The second-order valence-corrected chi connectivity index (χ2v) is 6.63. The van der Waals surface area contributed by atoms with Crippen LogP contribution in [0.5, 0.6) is 0 Å². The third-order valence-electron chi connectivity index (χ3n) is 3.71. The molecule has 1 rings (SSSR count). The molecule has 9 heteroatoms. The van der Waals surface area contributed by atoms with Gasteiger partial charge in [0.1, 0.15) is 0 Å². The molecule has 28 heavy (non-hydrogen) atoms. The summed E-state index contributed by atoms with van der Waals surface area (Å²) in [5, 5.41) is 0.461. The minimum atomic E-state index is -0.922. The summed E-state index contributed by atoms with van der Waals surface area (Å²) < 4.78 is 10.5. The van der Waals surface area contributed by atoms with E-state index in [1.165, 1.54) is 42.1 Å². The Kier molecular flexibility index (Phi) is 9.28. The van der Waals surface area contributed by atoms with E-state index in [-0.39, 0.29) is 23.0 Å². The third kappa shape index (κ3) is 5.87. The van der Waals surface area contributed by atoms with E-state index in [2.05, 4.69) is 0 Å². The summed E-state index contributed by atoms with van der Waals surface area (Å²) in [5.74, 6) is -1.89. The Morgan fingerprint density at radius 3 is 2.11 bits per heavy atom. The maximum Gasteiger partial charge on any atom is 0.415 e. The zero-order valence-electron chi connectivity index (χ0n) is 16.5. The van der Waals surface area contributed by atoms with Crippen LogP contribution in [0, 0.1) is 0 Å². The minimum absolute atomic E-state index is 0.0364. The average Bonchev–Trinajstić information content (AvgIpc) is 2.62. The van der Waals surface area contributed by atoms with Crippen LogP contribution in [0.2, 0.25) is 10.0 Å². The fraction of sp³-hybridized carbons (Fsp3) is 0.421. The van der Waals surface area contributed by atoms with Gasteiger partial charge in [0.25, 0.3) is 5.91 Å². The second kappa shape index (κ2) is 10.9. The molecule has 1 aromatic carbocycles. The van der Waals surface area contributed by atoms with Gasteiger partial charge in [-0.05, 0) is 39.0 Å². The second-order valence-electron chi connectivity index (χ2n) is 5.79. The monoisotopic (exact) mass is 430 g/mol. The zero-order chi connectivity index (χ0) is 21.4. The van der Waals surface area contributed by atoms with Gasteiger partial charge in [-0.1, -0.05) is 23.2 Å². The number of amides is 2. The molecule has 0 N–H and O–H groups in total. The van der Waals surface area contributed by atoms with Crippen molar-refractivity contribution in [3.8, 4) is 0 Å². The largest absolute Gasteiger partial charge is 0.462 e. The first-order valence-corrected chi connectivity index (χ1v) is 9.48. The molecule has 2 amide bonds. The topological polar surface area (TPSA) is 76.1 Å². The van der Waals surface area contributed by atoms with Crippen molar-refractivity contribution in [2.45, 2.75) is 20.8 Å². The third-order valence-corrected chi connectivity index (χ3v) is 4.26. The van der Waals surface area contributed by atoms with Crippen molar-refractivity contribution in [2.75, 3.05) is 33.8 Å². The van der Waals surface area contributed by atoms with Crippen molar-refractivity contribution in [2.24, 2.45) is 0 Å². The van der Waals surface area contributed by atoms with Crippen LogP contribution < -0.4 is 0 Å². The zero-order valence-corrected chi connectivity index (χ0v) is 18.1. The number of ether oxygens (including phenoxy) is 2. The van der Waals surface area contributed by atoms with Gasteiger partial charge in [-0.15, -0.1) is 0 Å². The number of benzene rings is 1. The molecule has 0 radical (unpaired) electrons. The molecule has 0 aromatic heterocycles. The van der Waals surface area contributed by atoms with E-state index in [1.54, 1.807) is 20.8 Å². The lowest BCUT2D eigenvalue weighted by Gasteiger charge is -2.22. The predicted octanol–water partition coefficient (Wildman–Crippen LogP) is 3.83. The first kappa shape index (κ1) is 23.8. The quantitative estimate of drug-likeness (QED) is 0.216. The molecular weight excluding hydrogens is 407 g/mol. The van der Waals surface area contributed by atoms with Crippen molar-refractivity contribution in [3.63, 3.8) is 0 Å². The molecule has 0 saturated heterocycles. The van der Waals surface area contributed by atoms with Crippen LogP contribution in [0.25, 0.3) is 5.76 Å². The lowest BCUT2D eigenvalue weighted by atomic mass is 10.1. The maximum absolute atomic E-state index is 12.7. The van der Waals surface area contributed by atoms with Crippen LogP contribution in [0.1, 0.15) is 26.3 Å². The molecular formula is C19H24Cl2N2O5. The van der Waals surface area contributed by atoms with Gasteiger partial charge in [0.05, 0.1) is 11.6 Å². The molecule has 0 saturated carbocycles. The van der Waals surface area contributed by atoms with Gasteiger partial charge in [-0.3, -0.25) is 4.79 Å². The van der Waals surface area contributed by atoms with E-state index in [1.807, 2.05) is 0 Å². The molecule has 0 unspecified atom stereocenters. The molecule has 0 bridgehead atoms. The first-order chi connectivity index (χ1) is 13.2. The Hall–Kier alpha value is -2.25. The standard InChI is InChI=1S/C19H24Cl2N2O5/c1-6-23(7-2)19(26)28-16(13-10-9-12(20)11-14(13)21)15(17(24)22(4)5)18(25)27-8-3/h9-11H,6-8H2,1-5H3. The van der Waals surface area contributed by atoms with Gasteiger partial charge in [0, 0.05) is 37.8 Å². The number of rotatable bonds is 7. The van der Waals surface area contributed by atoms with E-state index < -0.39 is 23.5 Å². The van der Waals surface area contributed by atoms with Crippen LogP contribution >= 0.6 is 23.2 Å². The van der Waals surface area contributed by atoms with E-state index >= 15 is 0 Å². The molecule has 0 heterocycles. The van der Waals surface area contributed by atoms with Gasteiger partial charge in [-0.2, -0.15) is 0 Å². The normalized spacial score (nSPS) is 11.4.